The number of anilines is 1. The summed E-state index contributed by atoms with van der Waals surface area (Å²) in [5.41, 5.74) is 8.79. The Bertz CT molecular complexity index is 690. The zero-order chi connectivity index (χ0) is 11.8. The molecule has 0 aliphatic heterocycles. The minimum Gasteiger partial charge on any atom is -0.398 e. The van der Waals surface area contributed by atoms with Crippen LogP contribution in [0.15, 0.2) is 42.9 Å². The van der Waals surface area contributed by atoms with Crippen LogP contribution < -0.4 is 5.73 Å². The molecule has 0 unspecified atom stereocenters. The number of fused-ring (bicyclic) bond motifs is 1. The highest BCUT2D eigenvalue weighted by molar-refractivity contribution is 6.33. The molecular formula is C12H9ClN4. The molecule has 0 amide bonds. The molecule has 0 atom stereocenters. The van der Waals surface area contributed by atoms with Crippen molar-refractivity contribution in [3.05, 3.63) is 47.9 Å². The van der Waals surface area contributed by atoms with Crippen molar-refractivity contribution in [2.75, 3.05) is 5.73 Å². The Labute approximate surface area is 103 Å². The fraction of sp³-hybridized carbons (Fsp3) is 0. The summed E-state index contributed by atoms with van der Waals surface area (Å²) >= 11 is 6.00. The van der Waals surface area contributed by atoms with Crippen LogP contribution in [0.4, 0.5) is 5.69 Å². The third-order valence-electron chi connectivity index (χ3n) is 2.57. The number of nitrogen functional groups attached to an aromatic ring is 1. The molecule has 1 aromatic carbocycles. The molecule has 0 fully saturated rings. The zero-order valence-electron chi connectivity index (χ0n) is 8.84. The molecule has 5 heteroatoms. The number of aromatic nitrogens is 3. The van der Waals surface area contributed by atoms with Crippen LogP contribution >= 0.6 is 11.6 Å². The number of halogens is 1. The average molecular weight is 245 g/mol. The van der Waals surface area contributed by atoms with Crippen molar-refractivity contribution in [2.24, 2.45) is 0 Å². The normalized spacial score (nSPS) is 10.9. The Balaban J connectivity index is 2.24. The summed E-state index contributed by atoms with van der Waals surface area (Å²) in [5.74, 6) is 0. The number of benzene rings is 1. The van der Waals surface area contributed by atoms with E-state index in [1.54, 1.807) is 24.7 Å². The number of hydrogen-bond donors (Lipinski definition) is 1. The molecule has 84 valence electrons. The zero-order valence-corrected chi connectivity index (χ0v) is 9.59. The summed E-state index contributed by atoms with van der Waals surface area (Å²) in [6.07, 6.45) is 3.46. The maximum absolute atomic E-state index is 6.00. The van der Waals surface area contributed by atoms with Crippen molar-refractivity contribution in [2.45, 2.75) is 0 Å². The molecule has 4 nitrogen and oxygen atoms in total. The minimum atomic E-state index is 0.528. The fourth-order valence-corrected chi connectivity index (χ4v) is 1.88. The standard InChI is InChI=1S/C12H9ClN4/c13-9-6-8(3-4-10(9)14)17-7-16-11-2-1-5-15-12(11)17/h1-7H,14H2. The Hall–Kier alpha value is -2.07. The van der Waals surface area contributed by atoms with Crippen LogP contribution in [0.3, 0.4) is 0 Å². The van der Waals surface area contributed by atoms with Crippen LogP contribution in [0.1, 0.15) is 0 Å². The number of hydrogen-bond acceptors (Lipinski definition) is 3. The largest absolute Gasteiger partial charge is 0.398 e. The van der Waals surface area contributed by atoms with Gasteiger partial charge in [-0.3, -0.25) is 4.57 Å². The van der Waals surface area contributed by atoms with E-state index in [1.165, 1.54) is 0 Å². The Morgan fingerprint density at radius 2 is 2.06 bits per heavy atom. The van der Waals surface area contributed by atoms with Gasteiger partial charge in [0.15, 0.2) is 5.65 Å². The first kappa shape index (κ1) is 10.1. The lowest BCUT2D eigenvalue weighted by Gasteiger charge is -2.05. The van der Waals surface area contributed by atoms with Gasteiger partial charge in [-0.2, -0.15) is 0 Å². The molecule has 3 aromatic rings. The van der Waals surface area contributed by atoms with Crippen molar-refractivity contribution < 1.29 is 0 Å². The maximum atomic E-state index is 6.00. The third-order valence-corrected chi connectivity index (χ3v) is 2.90. The van der Waals surface area contributed by atoms with Gasteiger partial charge >= 0.3 is 0 Å². The molecule has 0 bridgehead atoms. The second kappa shape index (κ2) is 3.75. The van der Waals surface area contributed by atoms with Crippen LogP contribution in [0.25, 0.3) is 16.9 Å². The van der Waals surface area contributed by atoms with Gasteiger partial charge in [-0.15, -0.1) is 0 Å². The molecule has 3 rings (SSSR count). The molecule has 2 N–H and O–H groups in total. The van der Waals surface area contributed by atoms with E-state index in [2.05, 4.69) is 9.97 Å². The maximum Gasteiger partial charge on any atom is 0.164 e. The van der Waals surface area contributed by atoms with Crippen LogP contribution in [-0.2, 0) is 0 Å². The molecule has 0 spiro atoms. The lowest BCUT2D eigenvalue weighted by Crippen LogP contribution is -1.95. The second-order valence-electron chi connectivity index (χ2n) is 3.67. The van der Waals surface area contributed by atoms with Crippen molar-refractivity contribution in [1.82, 2.24) is 14.5 Å². The number of nitrogens with two attached hydrogens (primary N) is 1. The Morgan fingerprint density at radius 1 is 1.18 bits per heavy atom. The molecule has 2 aromatic heterocycles. The van der Waals surface area contributed by atoms with Gasteiger partial charge in [0.1, 0.15) is 11.8 Å². The summed E-state index contributed by atoms with van der Waals surface area (Å²) < 4.78 is 1.88. The van der Waals surface area contributed by atoms with E-state index in [4.69, 9.17) is 17.3 Å². The minimum absolute atomic E-state index is 0.528. The molecule has 0 aliphatic rings. The number of nitrogens with zero attached hydrogens (tertiary/aromatic N) is 3. The predicted octanol–water partition coefficient (Wildman–Crippen LogP) is 2.66. The SMILES string of the molecule is Nc1ccc(-n2cnc3cccnc32)cc1Cl. The lowest BCUT2D eigenvalue weighted by atomic mass is 10.3. The summed E-state index contributed by atoms with van der Waals surface area (Å²) in [6.45, 7) is 0. The first-order valence-electron chi connectivity index (χ1n) is 5.09. The van der Waals surface area contributed by atoms with Gasteiger partial charge in [-0.25, -0.2) is 9.97 Å². The number of imidazole rings is 1. The molecular weight excluding hydrogens is 236 g/mol. The van der Waals surface area contributed by atoms with Crippen LogP contribution in [0.5, 0.6) is 0 Å². The van der Waals surface area contributed by atoms with Gasteiger partial charge in [-0.1, -0.05) is 11.6 Å². The van der Waals surface area contributed by atoms with Crippen LogP contribution in [0.2, 0.25) is 5.02 Å². The topological polar surface area (TPSA) is 56.7 Å². The van der Waals surface area contributed by atoms with Gasteiger partial charge in [0.25, 0.3) is 0 Å². The van der Waals surface area contributed by atoms with E-state index in [-0.39, 0.29) is 0 Å². The Kier molecular flexibility index (Phi) is 2.23. The van der Waals surface area contributed by atoms with Gasteiger partial charge < -0.3 is 5.73 Å². The average Bonchev–Trinajstić information content (AvgIpc) is 2.76. The van der Waals surface area contributed by atoms with Crippen LogP contribution in [-0.4, -0.2) is 14.5 Å². The first-order valence-corrected chi connectivity index (χ1v) is 5.47. The lowest BCUT2D eigenvalue weighted by molar-refractivity contribution is 1.07. The monoisotopic (exact) mass is 244 g/mol. The summed E-state index contributed by atoms with van der Waals surface area (Å²) in [4.78, 5) is 8.57. The summed E-state index contributed by atoms with van der Waals surface area (Å²) in [7, 11) is 0. The molecule has 0 saturated carbocycles. The van der Waals surface area contributed by atoms with E-state index in [0.29, 0.717) is 10.7 Å². The van der Waals surface area contributed by atoms with E-state index >= 15 is 0 Å². The highest BCUT2D eigenvalue weighted by atomic mass is 35.5. The van der Waals surface area contributed by atoms with E-state index in [1.807, 2.05) is 22.8 Å². The third kappa shape index (κ3) is 1.62. The van der Waals surface area contributed by atoms with E-state index in [9.17, 15) is 0 Å². The van der Waals surface area contributed by atoms with Crippen LogP contribution in [0, 0.1) is 0 Å². The highest BCUT2D eigenvalue weighted by Gasteiger charge is 2.06. The van der Waals surface area contributed by atoms with Gasteiger partial charge in [-0.05, 0) is 30.3 Å². The van der Waals surface area contributed by atoms with Gasteiger partial charge in [0.05, 0.1) is 16.4 Å². The molecule has 0 saturated heterocycles. The molecule has 17 heavy (non-hydrogen) atoms. The molecule has 0 aliphatic carbocycles. The van der Waals surface area contributed by atoms with E-state index < -0.39 is 0 Å². The number of rotatable bonds is 1. The summed E-state index contributed by atoms with van der Waals surface area (Å²) in [6, 6.07) is 9.23. The van der Waals surface area contributed by atoms with E-state index in [0.717, 1.165) is 16.9 Å². The number of pyridine rings is 1. The smallest absolute Gasteiger partial charge is 0.164 e. The van der Waals surface area contributed by atoms with Gasteiger partial charge in [0.2, 0.25) is 0 Å². The molecule has 2 heterocycles. The first-order chi connectivity index (χ1) is 8.25. The van der Waals surface area contributed by atoms with Crippen molar-refractivity contribution in [1.29, 1.82) is 0 Å². The summed E-state index contributed by atoms with van der Waals surface area (Å²) in [5, 5.41) is 0.528. The van der Waals surface area contributed by atoms with Crippen molar-refractivity contribution >= 4 is 28.5 Å². The Morgan fingerprint density at radius 3 is 2.88 bits per heavy atom. The quantitative estimate of drug-likeness (QED) is 0.670. The fourth-order valence-electron chi connectivity index (χ4n) is 1.70. The van der Waals surface area contributed by atoms with Gasteiger partial charge in [0, 0.05) is 6.20 Å². The van der Waals surface area contributed by atoms with Crippen molar-refractivity contribution in [3.63, 3.8) is 0 Å². The molecule has 0 radical (unpaired) electrons. The van der Waals surface area contributed by atoms with Crippen molar-refractivity contribution in [3.8, 4) is 5.69 Å². The predicted molar refractivity (Wildman–Crippen MR) is 68.3 cm³/mol. The highest BCUT2D eigenvalue weighted by Crippen LogP contribution is 2.23. The second-order valence-corrected chi connectivity index (χ2v) is 4.07.